The maximum absolute atomic E-state index is 13.4. The van der Waals surface area contributed by atoms with E-state index in [9.17, 15) is 8.78 Å². The second kappa shape index (κ2) is 4.58. The van der Waals surface area contributed by atoms with Crippen LogP contribution < -0.4 is 0 Å². The Hall–Kier alpha value is -1.48. The molecule has 0 aliphatic carbocycles. The van der Waals surface area contributed by atoms with Gasteiger partial charge in [0, 0.05) is 17.3 Å². The molecular weight excluding hydrogens is 232 g/mol. The first-order valence-electron chi connectivity index (χ1n) is 4.67. The van der Waals surface area contributed by atoms with E-state index in [1.54, 1.807) is 18.2 Å². The third-order valence-electron chi connectivity index (χ3n) is 2.23. The molecule has 1 heterocycles. The predicted molar refractivity (Wildman–Crippen MR) is 59.1 cm³/mol. The molecule has 0 aliphatic rings. The largest absolute Gasteiger partial charge is 0.256 e. The molecule has 0 amide bonds. The van der Waals surface area contributed by atoms with Crippen LogP contribution in [0.25, 0.3) is 11.1 Å². The summed E-state index contributed by atoms with van der Waals surface area (Å²) < 4.78 is 26.8. The van der Waals surface area contributed by atoms with Crippen molar-refractivity contribution < 1.29 is 8.78 Å². The summed E-state index contributed by atoms with van der Waals surface area (Å²) in [4.78, 5) is 3.84. The van der Waals surface area contributed by atoms with E-state index in [1.165, 1.54) is 18.3 Å². The highest BCUT2D eigenvalue weighted by Gasteiger charge is 2.08. The Morgan fingerprint density at radius 3 is 2.50 bits per heavy atom. The molecule has 0 unspecified atom stereocenters. The van der Waals surface area contributed by atoms with Crippen molar-refractivity contribution in [3.63, 3.8) is 0 Å². The average molecular weight is 240 g/mol. The van der Waals surface area contributed by atoms with Gasteiger partial charge >= 0.3 is 0 Å². The molecule has 1 nitrogen and oxygen atoms in total. The van der Waals surface area contributed by atoms with Crippen molar-refractivity contribution in [2.24, 2.45) is 0 Å². The molecule has 16 heavy (non-hydrogen) atoms. The van der Waals surface area contributed by atoms with Gasteiger partial charge in [-0.2, -0.15) is 0 Å². The highest BCUT2D eigenvalue weighted by atomic mass is 35.5. The molecule has 1 aromatic heterocycles. The Morgan fingerprint density at radius 1 is 1.12 bits per heavy atom. The predicted octanol–water partition coefficient (Wildman–Crippen LogP) is 3.77. The van der Waals surface area contributed by atoms with Crippen molar-refractivity contribution >= 4 is 11.6 Å². The number of pyridine rings is 1. The fourth-order valence-electron chi connectivity index (χ4n) is 1.41. The van der Waals surface area contributed by atoms with Gasteiger partial charge in [0.15, 0.2) is 0 Å². The minimum absolute atomic E-state index is 0.00336. The van der Waals surface area contributed by atoms with Crippen LogP contribution in [0.15, 0.2) is 36.5 Å². The Balaban J connectivity index is 2.50. The number of aromatic nitrogens is 1. The summed E-state index contributed by atoms with van der Waals surface area (Å²) in [5, 5.41) is 0. The maximum atomic E-state index is 13.4. The molecular formula is C12H8ClF2N. The first-order chi connectivity index (χ1) is 7.72. The van der Waals surface area contributed by atoms with E-state index < -0.39 is 11.6 Å². The van der Waals surface area contributed by atoms with Crippen LogP contribution in [0.5, 0.6) is 0 Å². The number of nitrogens with zero attached hydrogens (tertiary/aromatic N) is 1. The van der Waals surface area contributed by atoms with Gasteiger partial charge < -0.3 is 0 Å². The molecule has 0 aliphatic heterocycles. The second-order valence-electron chi connectivity index (χ2n) is 3.27. The van der Waals surface area contributed by atoms with Crippen molar-refractivity contribution in [1.82, 2.24) is 4.98 Å². The van der Waals surface area contributed by atoms with E-state index in [2.05, 4.69) is 4.98 Å². The van der Waals surface area contributed by atoms with Gasteiger partial charge in [-0.1, -0.05) is 18.2 Å². The zero-order chi connectivity index (χ0) is 11.5. The van der Waals surface area contributed by atoms with Gasteiger partial charge in [0.25, 0.3) is 0 Å². The molecule has 0 saturated heterocycles. The van der Waals surface area contributed by atoms with Crippen molar-refractivity contribution in [3.05, 3.63) is 53.9 Å². The minimum Gasteiger partial charge on any atom is -0.256 e. The molecule has 0 saturated carbocycles. The lowest BCUT2D eigenvalue weighted by molar-refractivity contribution is 0.607. The number of alkyl halides is 1. The maximum Gasteiger partial charge on any atom is 0.146 e. The lowest BCUT2D eigenvalue weighted by Gasteiger charge is -2.04. The molecule has 1 aromatic carbocycles. The fourth-order valence-corrected chi connectivity index (χ4v) is 1.60. The molecule has 0 radical (unpaired) electrons. The number of halogens is 3. The highest BCUT2D eigenvalue weighted by molar-refractivity contribution is 6.16. The summed E-state index contributed by atoms with van der Waals surface area (Å²) in [7, 11) is 0. The van der Waals surface area contributed by atoms with E-state index in [1.807, 2.05) is 0 Å². The lowest BCUT2D eigenvalue weighted by Crippen LogP contribution is -1.93. The van der Waals surface area contributed by atoms with Crippen molar-refractivity contribution in [3.8, 4) is 11.1 Å². The summed E-state index contributed by atoms with van der Waals surface area (Å²) in [5.74, 6) is -0.915. The monoisotopic (exact) mass is 239 g/mol. The third kappa shape index (κ3) is 2.04. The second-order valence-corrected chi connectivity index (χ2v) is 3.53. The van der Waals surface area contributed by atoms with Gasteiger partial charge in [-0.05, 0) is 12.1 Å². The summed E-state index contributed by atoms with van der Waals surface area (Å²) in [6.07, 6.45) is 1.42. The molecule has 0 N–H and O–H groups in total. The van der Waals surface area contributed by atoms with Crippen molar-refractivity contribution in [2.75, 3.05) is 0 Å². The molecule has 0 fully saturated rings. The highest BCUT2D eigenvalue weighted by Crippen LogP contribution is 2.23. The molecule has 0 spiro atoms. The summed E-state index contributed by atoms with van der Waals surface area (Å²) in [6.45, 7) is 0. The molecule has 2 aromatic rings. The molecule has 2 rings (SSSR count). The van der Waals surface area contributed by atoms with Gasteiger partial charge in [0.2, 0.25) is 0 Å². The van der Waals surface area contributed by atoms with E-state index in [0.29, 0.717) is 11.1 Å². The third-order valence-corrected chi connectivity index (χ3v) is 2.48. The van der Waals surface area contributed by atoms with Crippen LogP contribution in [0.3, 0.4) is 0 Å². The number of hydrogen-bond donors (Lipinski definition) is 0. The first-order valence-corrected chi connectivity index (χ1v) is 5.21. The smallest absolute Gasteiger partial charge is 0.146 e. The Bertz CT molecular complexity index is 514. The van der Waals surface area contributed by atoms with E-state index in [-0.39, 0.29) is 11.6 Å². The normalized spacial score (nSPS) is 10.4. The summed E-state index contributed by atoms with van der Waals surface area (Å²) >= 11 is 5.49. The molecule has 0 bridgehead atoms. The van der Waals surface area contributed by atoms with Gasteiger partial charge in [-0.3, -0.25) is 4.98 Å². The van der Waals surface area contributed by atoms with Crippen LogP contribution in [-0.4, -0.2) is 4.98 Å². The standard InChI is InChI=1S/C12H8ClF2N/c13-6-12-11(15)5-8(7-16-12)9-3-1-2-4-10(9)14/h1-5,7H,6H2. The van der Waals surface area contributed by atoms with Crippen LogP contribution in [0.1, 0.15) is 5.69 Å². The minimum atomic E-state index is -0.518. The van der Waals surface area contributed by atoms with Crippen molar-refractivity contribution in [2.45, 2.75) is 5.88 Å². The molecule has 0 atom stereocenters. The Kier molecular flexibility index (Phi) is 3.15. The van der Waals surface area contributed by atoms with Crippen molar-refractivity contribution in [1.29, 1.82) is 0 Å². The number of hydrogen-bond acceptors (Lipinski definition) is 1. The summed E-state index contributed by atoms with van der Waals surface area (Å²) in [5.41, 5.74) is 0.904. The van der Waals surface area contributed by atoms with Crippen LogP contribution >= 0.6 is 11.6 Å². The molecule has 82 valence electrons. The SMILES string of the molecule is Fc1ccccc1-c1cnc(CCl)c(F)c1. The topological polar surface area (TPSA) is 12.9 Å². The van der Waals surface area contributed by atoms with Crippen LogP contribution in [0.2, 0.25) is 0 Å². The van der Waals surface area contributed by atoms with Gasteiger partial charge in [-0.25, -0.2) is 8.78 Å². The fraction of sp³-hybridized carbons (Fsp3) is 0.0833. The van der Waals surface area contributed by atoms with E-state index in [4.69, 9.17) is 11.6 Å². The van der Waals surface area contributed by atoms with Gasteiger partial charge in [-0.15, -0.1) is 11.6 Å². The average Bonchev–Trinajstić information content (AvgIpc) is 2.29. The number of rotatable bonds is 2. The van der Waals surface area contributed by atoms with E-state index in [0.717, 1.165) is 0 Å². The zero-order valence-electron chi connectivity index (χ0n) is 8.25. The quantitative estimate of drug-likeness (QED) is 0.727. The van der Waals surface area contributed by atoms with E-state index >= 15 is 0 Å². The van der Waals surface area contributed by atoms with Crippen LogP contribution in [0, 0.1) is 11.6 Å². The number of benzene rings is 1. The summed E-state index contributed by atoms with van der Waals surface area (Å²) in [6, 6.07) is 7.40. The Labute approximate surface area is 96.7 Å². The Morgan fingerprint density at radius 2 is 1.88 bits per heavy atom. The first kappa shape index (κ1) is 11.0. The molecule has 4 heteroatoms. The van der Waals surface area contributed by atoms with Crippen LogP contribution in [-0.2, 0) is 5.88 Å². The van der Waals surface area contributed by atoms with Gasteiger partial charge in [0.05, 0.1) is 11.6 Å². The zero-order valence-corrected chi connectivity index (χ0v) is 9.01. The van der Waals surface area contributed by atoms with Gasteiger partial charge in [0.1, 0.15) is 11.6 Å². The van der Waals surface area contributed by atoms with Crippen LogP contribution in [0.4, 0.5) is 8.78 Å². The lowest BCUT2D eigenvalue weighted by atomic mass is 10.1.